The van der Waals surface area contributed by atoms with Crippen LogP contribution in [-0.4, -0.2) is 23.4 Å². The lowest BCUT2D eigenvalue weighted by Crippen LogP contribution is -2.49. The molecule has 1 aromatic rings. The van der Waals surface area contributed by atoms with Crippen molar-refractivity contribution in [2.45, 2.75) is 57.7 Å². The van der Waals surface area contributed by atoms with Gasteiger partial charge in [-0.3, -0.25) is 0 Å². The maximum Gasteiger partial charge on any atom is 0.0737 e. The third-order valence-corrected chi connectivity index (χ3v) is 3.80. The normalized spacial score (nSPS) is 27.3. The van der Waals surface area contributed by atoms with Crippen molar-refractivity contribution < 1.29 is 9.84 Å². The lowest BCUT2D eigenvalue weighted by molar-refractivity contribution is -0.136. The molecule has 0 aliphatic heterocycles. The Bertz CT molecular complexity index is 375. The van der Waals surface area contributed by atoms with Crippen molar-refractivity contribution in [1.82, 2.24) is 0 Å². The Balaban J connectivity index is 1.90. The summed E-state index contributed by atoms with van der Waals surface area (Å²) in [6.45, 7) is 7.13. The summed E-state index contributed by atoms with van der Waals surface area (Å²) in [6, 6.07) is 8.62. The minimum absolute atomic E-state index is 0.259. The zero-order valence-corrected chi connectivity index (χ0v) is 11.6. The highest BCUT2D eigenvalue weighted by Gasteiger charge is 2.42. The van der Waals surface area contributed by atoms with E-state index in [2.05, 4.69) is 38.1 Å². The number of ether oxygens (including phenoxy) is 1. The fraction of sp³-hybridized carbons (Fsp3) is 0.625. The highest BCUT2D eigenvalue weighted by atomic mass is 16.5. The Labute approximate surface area is 110 Å². The summed E-state index contributed by atoms with van der Waals surface area (Å²) in [5, 5.41) is 10.4. The lowest BCUT2D eigenvalue weighted by atomic mass is 9.73. The van der Waals surface area contributed by atoms with E-state index >= 15 is 0 Å². The van der Waals surface area contributed by atoms with E-state index in [0.717, 1.165) is 25.9 Å². The zero-order valence-electron chi connectivity index (χ0n) is 11.6. The van der Waals surface area contributed by atoms with Gasteiger partial charge in [-0.25, -0.2) is 0 Å². The van der Waals surface area contributed by atoms with Gasteiger partial charge in [0, 0.05) is 25.9 Å². The van der Waals surface area contributed by atoms with Gasteiger partial charge in [-0.1, -0.05) is 38.1 Å². The van der Waals surface area contributed by atoms with Crippen LogP contribution < -0.4 is 0 Å². The molecule has 0 aromatic heterocycles. The minimum Gasteiger partial charge on any atom is -0.389 e. The molecule has 0 spiro atoms. The molecule has 0 bridgehead atoms. The van der Waals surface area contributed by atoms with Crippen LogP contribution in [0, 0.1) is 0 Å². The van der Waals surface area contributed by atoms with Crippen LogP contribution in [0.4, 0.5) is 0 Å². The quantitative estimate of drug-likeness (QED) is 0.866. The number of hydrogen-bond acceptors (Lipinski definition) is 2. The van der Waals surface area contributed by atoms with Gasteiger partial charge < -0.3 is 9.84 Å². The van der Waals surface area contributed by atoms with Crippen LogP contribution >= 0.6 is 0 Å². The molecule has 2 heteroatoms. The minimum atomic E-state index is -0.542. The van der Waals surface area contributed by atoms with Gasteiger partial charge in [-0.15, -0.1) is 0 Å². The first-order valence-corrected chi connectivity index (χ1v) is 6.95. The molecule has 1 aliphatic carbocycles. The molecule has 1 N–H and O–H groups in total. The highest BCUT2D eigenvalue weighted by molar-refractivity contribution is 5.26. The van der Waals surface area contributed by atoms with E-state index < -0.39 is 5.60 Å². The van der Waals surface area contributed by atoms with Crippen LogP contribution in [0.5, 0.6) is 0 Å². The third kappa shape index (κ3) is 3.12. The van der Waals surface area contributed by atoms with Crippen LogP contribution in [0.3, 0.4) is 0 Å². The fourth-order valence-electron chi connectivity index (χ4n) is 2.69. The van der Waals surface area contributed by atoms with Crippen molar-refractivity contribution in [2.75, 3.05) is 6.61 Å². The molecule has 1 saturated carbocycles. The predicted molar refractivity (Wildman–Crippen MR) is 73.8 cm³/mol. The van der Waals surface area contributed by atoms with Gasteiger partial charge in [0.2, 0.25) is 0 Å². The molecule has 1 aliphatic rings. The Hall–Kier alpha value is -0.860. The second kappa shape index (κ2) is 5.41. The molecule has 0 heterocycles. The number of hydrogen-bond donors (Lipinski definition) is 1. The summed E-state index contributed by atoms with van der Waals surface area (Å²) in [5.74, 6) is 0.563. The number of aliphatic hydroxyl groups is 1. The first kappa shape index (κ1) is 13.6. The summed E-state index contributed by atoms with van der Waals surface area (Å²) in [6.07, 6.45) is 2.55. The summed E-state index contributed by atoms with van der Waals surface area (Å²) in [7, 11) is 0. The van der Waals surface area contributed by atoms with Crippen molar-refractivity contribution in [3.63, 3.8) is 0 Å². The first-order valence-electron chi connectivity index (χ1n) is 6.95. The monoisotopic (exact) mass is 248 g/mol. The number of benzene rings is 1. The maximum absolute atomic E-state index is 10.4. The average molecular weight is 248 g/mol. The van der Waals surface area contributed by atoms with Gasteiger partial charge in [-0.2, -0.15) is 0 Å². The van der Waals surface area contributed by atoms with Crippen molar-refractivity contribution in [1.29, 1.82) is 0 Å². The second-order valence-electron chi connectivity index (χ2n) is 5.78. The molecule has 100 valence electrons. The van der Waals surface area contributed by atoms with Crippen molar-refractivity contribution in [2.24, 2.45) is 0 Å². The van der Waals surface area contributed by atoms with E-state index in [9.17, 15) is 5.11 Å². The van der Waals surface area contributed by atoms with Crippen LogP contribution in [0.2, 0.25) is 0 Å². The Morgan fingerprint density at radius 3 is 2.39 bits per heavy atom. The summed E-state index contributed by atoms with van der Waals surface area (Å²) in [4.78, 5) is 0. The van der Waals surface area contributed by atoms with E-state index in [1.807, 2.05) is 6.92 Å². The molecule has 0 amide bonds. The van der Waals surface area contributed by atoms with Gasteiger partial charge in [0.1, 0.15) is 0 Å². The summed E-state index contributed by atoms with van der Waals surface area (Å²) < 4.78 is 5.50. The van der Waals surface area contributed by atoms with Crippen molar-refractivity contribution in [3.8, 4) is 0 Å². The molecular formula is C16H24O2. The lowest BCUT2D eigenvalue weighted by Gasteiger charge is -2.43. The molecule has 2 nitrogen and oxygen atoms in total. The predicted octanol–water partition coefficient (Wildman–Crippen LogP) is 3.28. The van der Waals surface area contributed by atoms with Crippen LogP contribution in [0.15, 0.2) is 24.3 Å². The molecule has 0 radical (unpaired) electrons. The molecule has 0 saturated heterocycles. The highest BCUT2D eigenvalue weighted by Crippen LogP contribution is 2.37. The average Bonchev–Trinajstić information content (AvgIpc) is 2.28. The van der Waals surface area contributed by atoms with Gasteiger partial charge in [0.25, 0.3) is 0 Å². The van der Waals surface area contributed by atoms with E-state index in [1.165, 1.54) is 11.1 Å². The van der Waals surface area contributed by atoms with Gasteiger partial charge in [0.05, 0.1) is 11.7 Å². The Morgan fingerprint density at radius 1 is 1.28 bits per heavy atom. The molecule has 0 atom stereocenters. The van der Waals surface area contributed by atoms with Crippen LogP contribution in [0.1, 0.15) is 50.7 Å². The van der Waals surface area contributed by atoms with Crippen LogP contribution in [-0.2, 0) is 11.2 Å². The Morgan fingerprint density at radius 2 is 1.89 bits per heavy atom. The molecule has 1 aromatic carbocycles. The molecule has 2 rings (SSSR count). The third-order valence-electron chi connectivity index (χ3n) is 3.80. The smallest absolute Gasteiger partial charge is 0.0737 e. The van der Waals surface area contributed by atoms with Gasteiger partial charge >= 0.3 is 0 Å². The fourth-order valence-corrected chi connectivity index (χ4v) is 2.69. The SMILES string of the molecule is CCOC1CC(O)(Cc2ccc(C(C)C)cc2)C1. The van der Waals surface area contributed by atoms with Crippen LogP contribution in [0.25, 0.3) is 0 Å². The summed E-state index contributed by atoms with van der Waals surface area (Å²) >= 11 is 0. The van der Waals surface area contributed by atoms with E-state index in [0.29, 0.717) is 5.92 Å². The largest absolute Gasteiger partial charge is 0.389 e. The number of rotatable bonds is 5. The zero-order chi connectivity index (χ0) is 13.2. The van der Waals surface area contributed by atoms with Gasteiger partial charge in [0.15, 0.2) is 0 Å². The topological polar surface area (TPSA) is 29.5 Å². The molecule has 1 fully saturated rings. The molecular weight excluding hydrogens is 224 g/mol. The Kier molecular flexibility index (Phi) is 4.08. The van der Waals surface area contributed by atoms with E-state index in [4.69, 9.17) is 4.74 Å². The maximum atomic E-state index is 10.4. The summed E-state index contributed by atoms with van der Waals surface area (Å²) in [5.41, 5.74) is 2.03. The second-order valence-corrected chi connectivity index (χ2v) is 5.78. The van der Waals surface area contributed by atoms with Gasteiger partial charge in [-0.05, 0) is 24.0 Å². The molecule has 18 heavy (non-hydrogen) atoms. The van der Waals surface area contributed by atoms with E-state index in [-0.39, 0.29) is 6.10 Å². The molecule has 0 unspecified atom stereocenters. The van der Waals surface area contributed by atoms with Crippen molar-refractivity contribution in [3.05, 3.63) is 35.4 Å². The van der Waals surface area contributed by atoms with Crippen molar-refractivity contribution >= 4 is 0 Å². The first-order chi connectivity index (χ1) is 8.52. The van der Waals surface area contributed by atoms with E-state index in [1.54, 1.807) is 0 Å². The standard InChI is InChI=1S/C16H24O2/c1-4-18-15-10-16(17,11-15)9-13-5-7-14(8-6-13)12(2)3/h5-8,12,15,17H,4,9-11H2,1-3H3.